The molecule has 9 heteroatoms. The van der Waals surface area contributed by atoms with Gasteiger partial charge in [0.15, 0.2) is 19.7 Å². The Kier molecular flexibility index (Phi) is 7.69. The number of aromatic nitrogens is 1. The fourth-order valence-corrected chi connectivity index (χ4v) is 5.68. The Labute approximate surface area is 229 Å². The van der Waals surface area contributed by atoms with Crippen LogP contribution in [-0.2, 0) is 40.4 Å². The standard InChI is InChI=1S/C30H31NO6S2/c1-30(2,39(5,35)36)24-18-23-10-7-15-31-28(23)26(19-24)22-9-6-8-20(16-22)17-27(29(32)37-3)21-11-13-25(14-12-21)38(4,33)34/h6-16,18-19,27H,17H2,1-5H3/t27-/m1/s1. The molecule has 1 heterocycles. The van der Waals surface area contributed by atoms with Gasteiger partial charge in [0.2, 0.25) is 0 Å². The number of methoxy groups -OCH3 is 1. The molecule has 0 aliphatic heterocycles. The number of hydrogen-bond donors (Lipinski definition) is 0. The van der Waals surface area contributed by atoms with E-state index in [-0.39, 0.29) is 4.90 Å². The fourth-order valence-electron chi connectivity index (χ4n) is 4.50. The van der Waals surface area contributed by atoms with Gasteiger partial charge in [-0.3, -0.25) is 9.78 Å². The van der Waals surface area contributed by atoms with Crippen LogP contribution in [0.25, 0.3) is 22.0 Å². The average molecular weight is 566 g/mol. The van der Waals surface area contributed by atoms with E-state index in [1.165, 1.54) is 25.5 Å². The molecule has 0 amide bonds. The van der Waals surface area contributed by atoms with Gasteiger partial charge in [-0.15, -0.1) is 0 Å². The highest BCUT2D eigenvalue weighted by Crippen LogP contribution is 2.37. The molecule has 1 aromatic heterocycles. The normalized spacial score (nSPS) is 13.3. The van der Waals surface area contributed by atoms with Crippen molar-refractivity contribution < 1.29 is 26.4 Å². The van der Waals surface area contributed by atoms with Crippen molar-refractivity contribution in [2.75, 3.05) is 19.6 Å². The van der Waals surface area contributed by atoms with Crippen molar-refractivity contribution in [1.82, 2.24) is 4.98 Å². The van der Waals surface area contributed by atoms with Gasteiger partial charge in [0, 0.05) is 29.7 Å². The molecule has 204 valence electrons. The molecule has 4 aromatic rings. The molecule has 0 saturated heterocycles. The third-order valence-corrected chi connectivity index (χ3v) is 10.4. The molecule has 0 saturated carbocycles. The molecule has 1 atom stereocenters. The lowest BCUT2D eigenvalue weighted by Crippen LogP contribution is -2.28. The lowest BCUT2D eigenvalue weighted by molar-refractivity contribution is -0.142. The zero-order valence-electron chi connectivity index (χ0n) is 22.5. The van der Waals surface area contributed by atoms with Crippen LogP contribution in [0.15, 0.2) is 83.9 Å². The molecule has 0 bridgehead atoms. The Morgan fingerprint density at radius 1 is 0.923 bits per heavy atom. The summed E-state index contributed by atoms with van der Waals surface area (Å²) in [6, 6.07) is 21.4. The second kappa shape index (κ2) is 10.5. The summed E-state index contributed by atoms with van der Waals surface area (Å²) >= 11 is 0. The van der Waals surface area contributed by atoms with Crippen LogP contribution in [0, 0.1) is 0 Å². The van der Waals surface area contributed by atoms with Crippen LogP contribution in [-0.4, -0.2) is 47.4 Å². The predicted octanol–water partition coefficient (Wildman–Crippen LogP) is 5.08. The molecule has 0 radical (unpaired) electrons. The van der Waals surface area contributed by atoms with Crippen LogP contribution in [0.3, 0.4) is 0 Å². The Hall–Kier alpha value is -3.56. The van der Waals surface area contributed by atoms with Gasteiger partial charge in [0.25, 0.3) is 0 Å². The van der Waals surface area contributed by atoms with Gasteiger partial charge in [-0.25, -0.2) is 16.8 Å². The lowest BCUT2D eigenvalue weighted by Gasteiger charge is -2.24. The second-order valence-corrected chi connectivity index (χ2v) is 14.8. The van der Waals surface area contributed by atoms with Crippen molar-refractivity contribution in [3.8, 4) is 11.1 Å². The van der Waals surface area contributed by atoms with Crippen LogP contribution < -0.4 is 0 Å². The Morgan fingerprint density at radius 2 is 1.62 bits per heavy atom. The van der Waals surface area contributed by atoms with Gasteiger partial charge < -0.3 is 4.74 Å². The highest BCUT2D eigenvalue weighted by molar-refractivity contribution is 7.91. The molecule has 7 nitrogen and oxygen atoms in total. The summed E-state index contributed by atoms with van der Waals surface area (Å²) in [5.41, 5.74) is 4.51. The van der Waals surface area contributed by atoms with E-state index in [1.807, 2.05) is 48.5 Å². The van der Waals surface area contributed by atoms with Crippen LogP contribution in [0.4, 0.5) is 0 Å². The zero-order valence-corrected chi connectivity index (χ0v) is 24.1. The van der Waals surface area contributed by atoms with Gasteiger partial charge >= 0.3 is 5.97 Å². The van der Waals surface area contributed by atoms with Crippen LogP contribution >= 0.6 is 0 Å². The largest absolute Gasteiger partial charge is 0.469 e. The molecule has 0 fully saturated rings. The molecular weight excluding hydrogens is 534 g/mol. The molecular formula is C30H31NO6S2. The molecule has 0 unspecified atom stereocenters. The fraction of sp³-hybridized carbons (Fsp3) is 0.267. The SMILES string of the molecule is COC(=O)[C@H](Cc1cccc(-c2cc(C(C)(C)S(C)(=O)=O)cc3cccnc23)c1)c1ccc(S(C)(=O)=O)cc1. The van der Waals surface area contributed by atoms with E-state index in [4.69, 9.17) is 4.74 Å². The Bertz CT molecular complexity index is 1760. The zero-order chi connectivity index (χ0) is 28.6. The minimum atomic E-state index is -3.41. The number of sulfone groups is 2. The molecule has 4 rings (SSSR count). The summed E-state index contributed by atoms with van der Waals surface area (Å²) in [7, 11) is -5.46. The molecule has 3 aromatic carbocycles. The van der Waals surface area contributed by atoms with Crippen LogP contribution in [0.5, 0.6) is 0 Å². The van der Waals surface area contributed by atoms with Gasteiger partial charge in [-0.1, -0.05) is 42.5 Å². The highest BCUT2D eigenvalue weighted by Gasteiger charge is 2.33. The maximum Gasteiger partial charge on any atom is 0.313 e. The van der Waals surface area contributed by atoms with Crippen LogP contribution in [0.1, 0.15) is 36.5 Å². The van der Waals surface area contributed by atoms with E-state index >= 15 is 0 Å². The first-order chi connectivity index (χ1) is 18.2. The van der Waals surface area contributed by atoms with E-state index in [9.17, 15) is 21.6 Å². The number of carbonyl (C=O) groups is 1. The topological polar surface area (TPSA) is 107 Å². The first-order valence-electron chi connectivity index (χ1n) is 12.3. The number of fused-ring (bicyclic) bond motifs is 1. The van der Waals surface area contributed by atoms with E-state index < -0.39 is 36.3 Å². The van der Waals surface area contributed by atoms with Crippen LogP contribution in [0.2, 0.25) is 0 Å². The maximum absolute atomic E-state index is 12.8. The number of ether oxygens (including phenoxy) is 1. The third kappa shape index (κ3) is 5.89. The molecule has 0 N–H and O–H groups in total. The predicted molar refractivity (Wildman–Crippen MR) is 153 cm³/mol. The van der Waals surface area contributed by atoms with Crippen molar-refractivity contribution in [3.05, 3.63) is 95.7 Å². The van der Waals surface area contributed by atoms with Gasteiger partial charge in [-0.2, -0.15) is 0 Å². The number of esters is 1. The smallest absolute Gasteiger partial charge is 0.313 e. The molecule has 0 aliphatic carbocycles. The van der Waals surface area contributed by atoms with Gasteiger partial charge in [0.1, 0.15) is 0 Å². The number of carbonyl (C=O) groups excluding carboxylic acids is 1. The number of nitrogens with zero attached hydrogens (tertiary/aromatic N) is 1. The molecule has 39 heavy (non-hydrogen) atoms. The van der Waals surface area contributed by atoms with Crippen molar-refractivity contribution in [1.29, 1.82) is 0 Å². The third-order valence-electron chi connectivity index (χ3n) is 7.20. The van der Waals surface area contributed by atoms with Crippen molar-refractivity contribution in [3.63, 3.8) is 0 Å². The van der Waals surface area contributed by atoms with Gasteiger partial charge in [0.05, 0.1) is 28.2 Å². The number of hydrogen-bond acceptors (Lipinski definition) is 7. The number of rotatable bonds is 8. The Morgan fingerprint density at radius 3 is 2.23 bits per heavy atom. The first-order valence-corrected chi connectivity index (χ1v) is 16.1. The van der Waals surface area contributed by atoms with Crippen molar-refractivity contribution >= 4 is 36.5 Å². The summed E-state index contributed by atoms with van der Waals surface area (Å²) < 4.78 is 52.9. The monoisotopic (exact) mass is 565 g/mol. The van der Waals surface area contributed by atoms with Crippen molar-refractivity contribution in [2.45, 2.75) is 35.8 Å². The van der Waals surface area contributed by atoms with Crippen molar-refractivity contribution in [2.24, 2.45) is 0 Å². The minimum Gasteiger partial charge on any atom is -0.469 e. The van der Waals surface area contributed by atoms with E-state index in [0.29, 0.717) is 17.5 Å². The first kappa shape index (κ1) is 28.4. The summed E-state index contributed by atoms with van der Waals surface area (Å²) in [6.07, 6.45) is 4.38. The minimum absolute atomic E-state index is 0.174. The molecule has 0 spiro atoms. The summed E-state index contributed by atoms with van der Waals surface area (Å²) in [6.45, 7) is 3.38. The average Bonchev–Trinajstić information content (AvgIpc) is 2.89. The number of pyridine rings is 1. The van der Waals surface area contributed by atoms with E-state index in [1.54, 1.807) is 32.2 Å². The second-order valence-electron chi connectivity index (χ2n) is 10.2. The lowest BCUT2D eigenvalue weighted by atomic mass is 9.89. The maximum atomic E-state index is 12.8. The summed E-state index contributed by atoms with van der Waals surface area (Å²) in [5, 5.41) is 0.825. The summed E-state index contributed by atoms with van der Waals surface area (Å²) in [5.74, 6) is -1.08. The summed E-state index contributed by atoms with van der Waals surface area (Å²) in [4.78, 5) is 17.5. The highest BCUT2D eigenvalue weighted by atomic mass is 32.2. The number of benzene rings is 3. The molecule has 0 aliphatic rings. The van der Waals surface area contributed by atoms with E-state index in [0.717, 1.165) is 33.8 Å². The van der Waals surface area contributed by atoms with E-state index in [2.05, 4.69) is 4.98 Å². The Balaban J connectivity index is 1.79. The quantitative estimate of drug-likeness (QED) is 0.274. The van der Waals surface area contributed by atoms with Gasteiger partial charge in [-0.05, 0) is 72.9 Å².